The number of nitrogens with zero attached hydrogens (tertiary/aromatic N) is 7. The molecule has 6 rings (SSSR count). The lowest BCUT2D eigenvalue weighted by molar-refractivity contribution is 0.189. The Balaban J connectivity index is 1.30. The summed E-state index contributed by atoms with van der Waals surface area (Å²) < 4.78 is 1.44. The second-order valence-electron chi connectivity index (χ2n) is 9.83. The van der Waals surface area contributed by atoms with Gasteiger partial charge >= 0.3 is 6.09 Å². The van der Waals surface area contributed by atoms with E-state index in [0.29, 0.717) is 45.6 Å². The maximum absolute atomic E-state index is 11.0. The van der Waals surface area contributed by atoms with Gasteiger partial charge in [0.05, 0.1) is 34.2 Å². The Hall–Kier alpha value is -4.29. The van der Waals surface area contributed by atoms with Crippen LogP contribution >= 0.6 is 11.6 Å². The minimum atomic E-state index is -0.990. The number of carbonyl (C=O) groups is 1. The number of fused-ring (bicyclic) bond motifs is 2. The van der Waals surface area contributed by atoms with Crippen molar-refractivity contribution in [3.8, 4) is 12.1 Å². The quantitative estimate of drug-likeness (QED) is 0.380. The van der Waals surface area contributed by atoms with Crippen LogP contribution in [0.3, 0.4) is 0 Å². The maximum Gasteiger partial charge on any atom is 0.404 e. The molecule has 4 N–H and O–H groups in total. The predicted molar refractivity (Wildman–Crippen MR) is 135 cm³/mol. The maximum atomic E-state index is 11.0. The van der Waals surface area contributed by atoms with Gasteiger partial charge in [0.15, 0.2) is 17.2 Å². The number of aromatic nitrogens is 4. The molecule has 0 radical (unpaired) electrons. The van der Waals surface area contributed by atoms with Crippen molar-refractivity contribution in [3.05, 3.63) is 34.6 Å². The largest absolute Gasteiger partial charge is 0.465 e. The number of nitrogens with one attached hydrogen (secondary N) is 3. The molecule has 1 aliphatic heterocycles. The first-order chi connectivity index (χ1) is 17.9. The molecule has 12 nitrogen and oxygen atoms in total. The van der Waals surface area contributed by atoms with Gasteiger partial charge in [0.25, 0.3) is 0 Å². The van der Waals surface area contributed by atoms with Crippen LogP contribution in [-0.4, -0.2) is 56.0 Å². The first-order valence-corrected chi connectivity index (χ1v) is 12.5. The van der Waals surface area contributed by atoms with Gasteiger partial charge in [-0.1, -0.05) is 11.6 Å². The highest BCUT2D eigenvalue weighted by Gasteiger charge is 2.42. The molecule has 3 fully saturated rings. The average molecular weight is 519 g/mol. The van der Waals surface area contributed by atoms with Gasteiger partial charge in [-0.3, -0.25) is 0 Å². The zero-order chi connectivity index (χ0) is 25.7. The Morgan fingerprint density at radius 2 is 1.89 bits per heavy atom. The van der Waals surface area contributed by atoms with E-state index in [2.05, 4.69) is 48.1 Å². The standard InChI is InChI=1S/C24H23ClN10O2/c25-20-18(31-23-32-21(29-15-1-2-15)22-28-9-17(8-27)35(22)33-23)3-12(7-26)4-19(20)34-10-13-5-16(30-24(36)37)6-14(13)11-34/h3-4,9,13-16,30H,1-2,5-6,10-11H2,(H,36,37)(H2,29,31,32,33)/t13-,14+,16?. The molecule has 3 heterocycles. The number of hydrogen-bond donors (Lipinski definition) is 4. The molecule has 13 heteroatoms. The zero-order valence-electron chi connectivity index (χ0n) is 19.6. The van der Waals surface area contributed by atoms with Crippen LogP contribution in [0.1, 0.15) is 36.9 Å². The number of carboxylic acid groups (broad SMARTS) is 1. The lowest BCUT2D eigenvalue weighted by Gasteiger charge is -2.24. The van der Waals surface area contributed by atoms with Crippen molar-refractivity contribution in [2.75, 3.05) is 28.6 Å². The third-order valence-corrected chi connectivity index (χ3v) is 7.64. The summed E-state index contributed by atoms with van der Waals surface area (Å²) in [5, 5.41) is 42.2. The van der Waals surface area contributed by atoms with Crippen molar-refractivity contribution in [2.45, 2.75) is 37.8 Å². The van der Waals surface area contributed by atoms with Crippen LogP contribution in [0.2, 0.25) is 5.02 Å². The molecule has 188 valence electrons. The molecule has 1 aromatic carbocycles. The summed E-state index contributed by atoms with van der Waals surface area (Å²) in [6.07, 6.45) is 4.10. The van der Waals surface area contributed by atoms with Gasteiger partial charge in [-0.25, -0.2) is 9.78 Å². The van der Waals surface area contributed by atoms with Crippen molar-refractivity contribution in [2.24, 2.45) is 11.8 Å². The molecular weight excluding hydrogens is 496 g/mol. The smallest absolute Gasteiger partial charge is 0.404 e. The number of anilines is 4. The van der Waals surface area contributed by atoms with Gasteiger partial charge in [-0.2, -0.15) is 20.0 Å². The van der Waals surface area contributed by atoms with Crippen molar-refractivity contribution >= 4 is 46.5 Å². The normalized spacial score (nSPS) is 22.4. The van der Waals surface area contributed by atoms with Crippen LogP contribution in [0.4, 0.5) is 27.9 Å². The first kappa shape index (κ1) is 23.1. The van der Waals surface area contributed by atoms with Crippen molar-refractivity contribution in [1.82, 2.24) is 24.9 Å². The number of amides is 1. The summed E-state index contributed by atoms with van der Waals surface area (Å²) in [5.41, 5.74) is 2.39. The van der Waals surface area contributed by atoms with Crippen molar-refractivity contribution in [1.29, 1.82) is 10.5 Å². The van der Waals surface area contributed by atoms with Crippen molar-refractivity contribution in [3.63, 3.8) is 0 Å². The fourth-order valence-corrected chi connectivity index (χ4v) is 5.71. The molecule has 37 heavy (non-hydrogen) atoms. The number of rotatable bonds is 6. The summed E-state index contributed by atoms with van der Waals surface area (Å²) in [6.45, 7) is 1.46. The summed E-state index contributed by atoms with van der Waals surface area (Å²) >= 11 is 6.87. The van der Waals surface area contributed by atoms with Crippen LogP contribution in [0.25, 0.3) is 5.65 Å². The van der Waals surface area contributed by atoms with Gasteiger partial charge in [0.2, 0.25) is 5.95 Å². The third-order valence-electron chi connectivity index (χ3n) is 7.24. The molecule has 1 saturated heterocycles. The molecule has 0 spiro atoms. The van der Waals surface area contributed by atoms with Crippen LogP contribution in [0.5, 0.6) is 0 Å². The lowest BCUT2D eigenvalue weighted by atomic mass is 10.0. The van der Waals surface area contributed by atoms with Crippen molar-refractivity contribution < 1.29 is 9.90 Å². The average Bonchev–Trinajstić information content (AvgIpc) is 3.27. The SMILES string of the molecule is N#Cc1cc(Nc2nc(NC3CC3)c3ncc(C#N)n3n2)c(Cl)c(N2C[C@H]3CC(NC(=O)O)C[C@H]3C2)c1. The molecule has 1 unspecified atom stereocenters. The fourth-order valence-electron chi connectivity index (χ4n) is 5.43. The van der Waals surface area contributed by atoms with E-state index in [1.54, 1.807) is 12.1 Å². The summed E-state index contributed by atoms with van der Waals surface area (Å²) in [5.74, 6) is 1.44. The number of imidazole rings is 1. The van der Waals surface area contributed by atoms with Crippen LogP contribution < -0.4 is 20.9 Å². The Morgan fingerprint density at radius 3 is 2.54 bits per heavy atom. The van der Waals surface area contributed by atoms with Gasteiger partial charge in [-0.15, -0.1) is 5.10 Å². The zero-order valence-corrected chi connectivity index (χ0v) is 20.4. The number of nitriles is 2. The summed E-state index contributed by atoms with van der Waals surface area (Å²) in [6, 6.07) is 7.99. The van der Waals surface area contributed by atoms with Gasteiger partial charge < -0.3 is 26.0 Å². The molecule has 2 saturated carbocycles. The van der Waals surface area contributed by atoms with E-state index < -0.39 is 6.09 Å². The summed E-state index contributed by atoms with van der Waals surface area (Å²) in [4.78, 5) is 22.1. The fraction of sp³-hybridized carbons (Fsp3) is 0.417. The molecule has 3 aliphatic rings. The second-order valence-corrected chi connectivity index (χ2v) is 10.2. The van der Waals surface area contributed by atoms with E-state index in [-0.39, 0.29) is 17.7 Å². The highest BCUT2D eigenvalue weighted by atomic mass is 35.5. The first-order valence-electron chi connectivity index (χ1n) is 12.1. The monoisotopic (exact) mass is 518 g/mol. The van der Waals surface area contributed by atoms with E-state index >= 15 is 0 Å². The van der Waals surface area contributed by atoms with E-state index in [4.69, 9.17) is 16.7 Å². The molecule has 2 aliphatic carbocycles. The highest BCUT2D eigenvalue weighted by molar-refractivity contribution is 6.36. The van der Waals surface area contributed by atoms with Crippen LogP contribution in [0, 0.1) is 34.5 Å². The van der Waals surface area contributed by atoms with Gasteiger partial charge in [0.1, 0.15) is 6.07 Å². The number of halogens is 1. The Kier molecular flexibility index (Phi) is 5.61. The minimum absolute atomic E-state index is 0.0280. The Bertz CT molecular complexity index is 1470. The molecular formula is C24H23ClN10O2. The van der Waals surface area contributed by atoms with E-state index in [1.165, 1.54) is 10.7 Å². The van der Waals surface area contributed by atoms with Gasteiger partial charge in [-0.05, 0) is 49.7 Å². The van der Waals surface area contributed by atoms with Gasteiger partial charge in [0, 0.05) is 25.2 Å². The van der Waals surface area contributed by atoms with E-state index in [9.17, 15) is 15.3 Å². The van der Waals surface area contributed by atoms with E-state index in [0.717, 1.165) is 44.5 Å². The highest BCUT2D eigenvalue weighted by Crippen LogP contribution is 2.44. The topological polar surface area (TPSA) is 167 Å². The van der Waals surface area contributed by atoms with Crippen LogP contribution in [0.15, 0.2) is 18.3 Å². The molecule has 3 atom stereocenters. The summed E-state index contributed by atoms with van der Waals surface area (Å²) in [7, 11) is 0. The third kappa shape index (κ3) is 4.41. The Labute approximate surface area is 216 Å². The number of benzene rings is 1. The second kappa shape index (κ2) is 8.98. The molecule has 3 aromatic rings. The molecule has 0 bridgehead atoms. The molecule has 2 aromatic heterocycles. The lowest BCUT2D eigenvalue weighted by Crippen LogP contribution is -2.33. The van der Waals surface area contributed by atoms with E-state index in [1.807, 2.05) is 0 Å². The minimum Gasteiger partial charge on any atom is -0.465 e. The molecule has 1 amide bonds. The van der Waals surface area contributed by atoms with Crippen LogP contribution in [-0.2, 0) is 0 Å². The predicted octanol–water partition coefficient (Wildman–Crippen LogP) is 3.32. The number of hydrogen-bond acceptors (Lipinski definition) is 9. The Morgan fingerprint density at radius 1 is 1.14 bits per heavy atom.